The van der Waals surface area contributed by atoms with Crippen LogP contribution in [0.2, 0.25) is 0 Å². The topological polar surface area (TPSA) is 33.6 Å². The highest BCUT2D eigenvalue weighted by Crippen LogP contribution is 2.18. The van der Waals surface area contributed by atoms with E-state index in [1.165, 1.54) is 0 Å². The first-order chi connectivity index (χ1) is 7.24. The van der Waals surface area contributed by atoms with E-state index in [0.717, 1.165) is 37.1 Å². The van der Waals surface area contributed by atoms with E-state index in [-0.39, 0.29) is 0 Å². The SMILES string of the molecule is CCOCCCN=C1N[C@@H](C(C)C)CS1. The molecule has 4 heteroatoms. The number of rotatable bonds is 6. The summed E-state index contributed by atoms with van der Waals surface area (Å²) in [5.74, 6) is 1.84. The van der Waals surface area contributed by atoms with Crippen LogP contribution in [0.15, 0.2) is 4.99 Å². The van der Waals surface area contributed by atoms with E-state index in [2.05, 4.69) is 24.2 Å². The lowest BCUT2D eigenvalue weighted by Gasteiger charge is -2.13. The van der Waals surface area contributed by atoms with Crippen LogP contribution in [-0.2, 0) is 4.74 Å². The molecule has 1 rings (SSSR count). The van der Waals surface area contributed by atoms with Gasteiger partial charge in [0.2, 0.25) is 0 Å². The first kappa shape index (κ1) is 12.8. The lowest BCUT2D eigenvalue weighted by molar-refractivity contribution is 0.146. The molecule has 15 heavy (non-hydrogen) atoms. The maximum absolute atomic E-state index is 5.26. The maximum atomic E-state index is 5.26. The summed E-state index contributed by atoms with van der Waals surface area (Å²) in [4.78, 5) is 4.52. The van der Waals surface area contributed by atoms with Crippen molar-refractivity contribution in [2.45, 2.75) is 33.2 Å². The van der Waals surface area contributed by atoms with Gasteiger partial charge in [-0.1, -0.05) is 25.6 Å². The molecule has 0 amide bonds. The number of amidine groups is 1. The fourth-order valence-electron chi connectivity index (χ4n) is 1.35. The Balaban J connectivity index is 2.13. The van der Waals surface area contributed by atoms with Crippen LogP contribution in [0.4, 0.5) is 0 Å². The highest BCUT2D eigenvalue weighted by atomic mass is 32.2. The molecule has 0 spiro atoms. The van der Waals surface area contributed by atoms with Crippen molar-refractivity contribution in [3.8, 4) is 0 Å². The van der Waals surface area contributed by atoms with Crippen molar-refractivity contribution >= 4 is 16.9 Å². The van der Waals surface area contributed by atoms with Gasteiger partial charge in [-0.15, -0.1) is 0 Å². The molecule has 0 saturated carbocycles. The quantitative estimate of drug-likeness (QED) is 0.710. The van der Waals surface area contributed by atoms with Gasteiger partial charge in [-0.2, -0.15) is 0 Å². The van der Waals surface area contributed by atoms with Crippen molar-refractivity contribution in [2.24, 2.45) is 10.9 Å². The Morgan fingerprint density at radius 2 is 2.40 bits per heavy atom. The minimum absolute atomic E-state index is 0.598. The third-order valence-electron chi connectivity index (χ3n) is 2.42. The average molecular weight is 230 g/mol. The summed E-state index contributed by atoms with van der Waals surface area (Å²) in [6, 6.07) is 0.598. The molecule has 0 radical (unpaired) electrons. The van der Waals surface area contributed by atoms with Crippen molar-refractivity contribution in [3.63, 3.8) is 0 Å². The minimum atomic E-state index is 0.598. The third kappa shape index (κ3) is 4.89. The molecule has 1 aliphatic heterocycles. The second kappa shape index (κ2) is 7.12. The summed E-state index contributed by atoms with van der Waals surface area (Å²) in [6.07, 6.45) is 1.02. The van der Waals surface area contributed by atoms with Crippen LogP contribution in [0, 0.1) is 5.92 Å². The molecule has 1 N–H and O–H groups in total. The largest absolute Gasteiger partial charge is 0.382 e. The van der Waals surface area contributed by atoms with E-state index in [9.17, 15) is 0 Å². The highest BCUT2D eigenvalue weighted by molar-refractivity contribution is 8.14. The molecule has 1 aliphatic rings. The Hall–Kier alpha value is -0.220. The third-order valence-corrected chi connectivity index (χ3v) is 3.47. The molecular formula is C11H22N2OS. The van der Waals surface area contributed by atoms with Crippen LogP contribution in [0.1, 0.15) is 27.2 Å². The van der Waals surface area contributed by atoms with Gasteiger partial charge in [-0.25, -0.2) is 0 Å². The van der Waals surface area contributed by atoms with Crippen LogP contribution < -0.4 is 5.32 Å². The number of nitrogens with one attached hydrogen (secondary N) is 1. The Kier molecular flexibility index (Phi) is 6.10. The van der Waals surface area contributed by atoms with Crippen molar-refractivity contribution in [1.29, 1.82) is 0 Å². The first-order valence-electron chi connectivity index (χ1n) is 5.75. The van der Waals surface area contributed by atoms with Crippen LogP contribution in [0.3, 0.4) is 0 Å². The number of ether oxygens (including phenoxy) is 1. The molecule has 1 fully saturated rings. The predicted molar refractivity (Wildman–Crippen MR) is 67.6 cm³/mol. The summed E-state index contributed by atoms with van der Waals surface area (Å²) in [6.45, 7) is 9.02. The van der Waals surface area contributed by atoms with E-state index in [1.54, 1.807) is 0 Å². The Labute approximate surface area is 97.1 Å². The maximum Gasteiger partial charge on any atom is 0.156 e. The fourth-order valence-corrected chi connectivity index (χ4v) is 2.58. The second-order valence-electron chi connectivity index (χ2n) is 4.04. The smallest absolute Gasteiger partial charge is 0.156 e. The number of hydrogen-bond acceptors (Lipinski definition) is 3. The summed E-state index contributed by atoms with van der Waals surface area (Å²) in [5.41, 5.74) is 0. The van der Waals surface area contributed by atoms with E-state index < -0.39 is 0 Å². The molecular weight excluding hydrogens is 208 g/mol. The van der Waals surface area contributed by atoms with Crippen LogP contribution in [0.25, 0.3) is 0 Å². The predicted octanol–water partition coefficient (Wildman–Crippen LogP) is 2.13. The van der Waals surface area contributed by atoms with Gasteiger partial charge in [0.1, 0.15) is 0 Å². The molecule has 0 unspecified atom stereocenters. The first-order valence-corrected chi connectivity index (χ1v) is 6.74. The summed E-state index contributed by atoms with van der Waals surface area (Å²) in [5, 5.41) is 4.57. The molecule has 1 saturated heterocycles. The number of hydrogen-bond donors (Lipinski definition) is 1. The molecule has 0 bridgehead atoms. The molecule has 0 aromatic rings. The number of aliphatic imine (C=N–C) groups is 1. The number of thioether (sulfide) groups is 1. The molecule has 0 aromatic carbocycles. The van der Waals surface area contributed by atoms with E-state index >= 15 is 0 Å². The number of nitrogens with zero attached hydrogens (tertiary/aromatic N) is 1. The van der Waals surface area contributed by atoms with Crippen molar-refractivity contribution in [2.75, 3.05) is 25.5 Å². The lowest BCUT2D eigenvalue weighted by Crippen LogP contribution is -2.31. The van der Waals surface area contributed by atoms with Crippen molar-refractivity contribution in [1.82, 2.24) is 5.32 Å². The minimum Gasteiger partial charge on any atom is -0.382 e. The fraction of sp³-hybridized carbons (Fsp3) is 0.909. The molecule has 0 aliphatic carbocycles. The Bertz CT molecular complexity index is 207. The molecule has 1 heterocycles. The normalized spacial score (nSPS) is 23.7. The summed E-state index contributed by atoms with van der Waals surface area (Å²) >= 11 is 1.84. The Morgan fingerprint density at radius 1 is 1.60 bits per heavy atom. The van der Waals surface area contributed by atoms with Crippen LogP contribution in [0.5, 0.6) is 0 Å². The van der Waals surface area contributed by atoms with Gasteiger partial charge in [0.25, 0.3) is 0 Å². The van der Waals surface area contributed by atoms with Gasteiger partial charge in [-0.05, 0) is 19.3 Å². The zero-order valence-electron chi connectivity index (χ0n) is 9.95. The van der Waals surface area contributed by atoms with Gasteiger partial charge in [0.15, 0.2) is 5.17 Å². The summed E-state index contributed by atoms with van der Waals surface area (Å²) in [7, 11) is 0. The standard InChI is InChI=1S/C11H22N2OS/c1-4-14-7-5-6-12-11-13-10(8-15-11)9(2)3/h9-10H,4-8H2,1-3H3,(H,12,13)/t10-/m1/s1. The van der Waals surface area contributed by atoms with E-state index in [4.69, 9.17) is 4.74 Å². The zero-order valence-corrected chi connectivity index (χ0v) is 10.8. The van der Waals surface area contributed by atoms with Crippen molar-refractivity contribution in [3.05, 3.63) is 0 Å². The highest BCUT2D eigenvalue weighted by Gasteiger charge is 2.22. The average Bonchev–Trinajstić information content (AvgIpc) is 2.66. The van der Waals surface area contributed by atoms with Gasteiger partial charge < -0.3 is 10.1 Å². The van der Waals surface area contributed by atoms with Gasteiger partial charge in [0.05, 0.1) is 0 Å². The second-order valence-corrected chi connectivity index (χ2v) is 5.05. The van der Waals surface area contributed by atoms with Crippen LogP contribution >= 0.6 is 11.8 Å². The van der Waals surface area contributed by atoms with Gasteiger partial charge >= 0.3 is 0 Å². The molecule has 1 atom stereocenters. The molecule has 0 aromatic heterocycles. The Morgan fingerprint density at radius 3 is 3.00 bits per heavy atom. The van der Waals surface area contributed by atoms with Crippen LogP contribution in [-0.4, -0.2) is 36.7 Å². The van der Waals surface area contributed by atoms with Gasteiger partial charge in [-0.3, -0.25) is 4.99 Å². The van der Waals surface area contributed by atoms with Gasteiger partial charge in [0, 0.05) is 31.6 Å². The molecule has 3 nitrogen and oxygen atoms in total. The monoisotopic (exact) mass is 230 g/mol. The van der Waals surface area contributed by atoms with E-state index in [0.29, 0.717) is 12.0 Å². The lowest BCUT2D eigenvalue weighted by atomic mass is 10.1. The van der Waals surface area contributed by atoms with Crippen molar-refractivity contribution < 1.29 is 4.74 Å². The summed E-state index contributed by atoms with van der Waals surface area (Å²) < 4.78 is 5.26. The van der Waals surface area contributed by atoms with E-state index in [1.807, 2.05) is 18.7 Å². The molecule has 88 valence electrons. The zero-order chi connectivity index (χ0) is 11.1.